The highest BCUT2D eigenvalue weighted by atomic mass is 32.2. The summed E-state index contributed by atoms with van der Waals surface area (Å²) in [6.45, 7) is 2.53. The number of nitrogens with one attached hydrogen (secondary N) is 2. The molecule has 1 aromatic carbocycles. The van der Waals surface area contributed by atoms with Crippen molar-refractivity contribution in [3.05, 3.63) is 63.3 Å². The van der Waals surface area contributed by atoms with Crippen LogP contribution in [0.5, 0.6) is 5.75 Å². The number of aliphatic imine (C=N–C) groups is 1. The number of carboxylic acids is 2. The van der Waals surface area contributed by atoms with Crippen LogP contribution in [0.3, 0.4) is 0 Å². The normalized spacial score (nSPS) is 19.2. The number of nitrogens with zero attached hydrogens (tertiary/aromatic N) is 3. The van der Waals surface area contributed by atoms with Crippen molar-refractivity contribution >= 4 is 35.4 Å². The Bertz CT molecular complexity index is 1270. The van der Waals surface area contributed by atoms with Gasteiger partial charge in [0, 0.05) is 19.4 Å². The van der Waals surface area contributed by atoms with Gasteiger partial charge in [-0.25, -0.2) is 15.8 Å². The molecule has 0 fully saturated rings. The molecule has 0 aliphatic carbocycles. The van der Waals surface area contributed by atoms with Crippen LogP contribution in [0.2, 0.25) is 0 Å². The molecule has 0 amide bonds. The molecule has 3 unspecified atom stereocenters. The van der Waals surface area contributed by atoms with E-state index in [1.807, 2.05) is 12.1 Å². The SMILES string of the molecule is CCOC(=O)CCc1cc(OC2=C([N+](=O)[O-])C(C(CCC(=O)O)C(=O)O)=NC(SC)N2N)cc(C2NC=CCN2)c1. The first-order valence-electron chi connectivity index (χ1n) is 12.7. The van der Waals surface area contributed by atoms with E-state index in [9.17, 15) is 29.6 Å². The molecular formula is C25H32N6O9S. The number of carbonyl (C=O) groups excluding carboxylic acids is 1. The fourth-order valence-corrected chi connectivity index (χ4v) is 4.78. The number of allylic oxidation sites excluding steroid dienone is 1. The number of aryl methyl sites for hydroxylation is 1. The number of thioether (sulfide) groups is 1. The number of esters is 1. The monoisotopic (exact) mass is 592 g/mol. The number of hydrogen-bond acceptors (Lipinski definition) is 13. The highest BCUT2D eigenvalue weighted by Gasteiger charge is 2.44. The predicted molar refractivity (Wildman–Crippen MR) is 148 cm³/mol. The minimum absolute atomic E-state index is 0.0865. The van der Waals surface area contributed by atoms with Gasteiger partial charge < -0.3 is 25.0 Å². The zero-order valence-electron chi connectivity index (χ0n) is 22.4. The molecule has 2 aliphatic heterocycles. The highest BCUT2D eigenvalue weighted by molar-refractivity contribution is 7.99. The summed E-state index contributed by atoms with van der Waals surface area (Å²) in [5.74, 6) is 1.17. The van der Waals surface area contributed by atoms with Gasteiger partial charge in [-0.05, 0) is 55.5 Å². The van der Waals surface area contributed by atoms with E-state index in [1.165, 1.54) is 0 Å². The zero-order valence-corrected chi connectivity index (χ0v) is 23.3. The van der Waals surface area contributed by atoms with Gasteiger partial charge in [-0.3, -0.25) is 29.8 Å². The summed E-state index contributed by atoms with van der Waals surface area (Å²) in [4.78, 5) is 50.9. The number of benzene rings is 1. The molecule has 0 saturated heterocycles. The average molecular weight is 593 g/mol. The molecule has 3 atom stereocenters. The smallest absolute Gasteiger partial charge is 0.352 e. The topological polar surface area (TPSA) is 219 Å². The van der Waals surface area contributed by atoms with Crippen LogP contribution in [0.1, 0.15) is 43.5 Å². The third-order valence-corrected chi connectivity index (χ3v) is 6.87. The molecule has 0 bridgehead atoms. The van der Waals surface area contributed by atoms with Crippen molar-refractivity contribution in [2.75, 3.05) is 19.4 Å². The van der Waals surface area contributed by atoms with Gasteiger partial charge in [0.2, 0.25) is 0 Å². The van der Waals surface area contributed by atoms with Crippen molar-refractivity contribution in [2.24, 2.45) is 16.8 Å². The maximum Gasteiger partial charge on any atom is 0.352 e. The van der Waals surface area contributed by atoms with Gasteiger partial charge in [-0.2, -0.15) is 0 Å². The summed E-state index contributed by atoms with van der Waals surface area (Å²) in [5, 5.41) is 38.6. The number of rotatable bonds is 14. The van der Waals surface area contributed by atoms with E-state index < -0.39 is 58.4 Å². The Balaban J connectivity index is 2.08. The standard InChI is InChI=1S/C25H32N6O9S/c1-3-39-19(34)8-5-14-11-15(22-27-9-4-10-28-22)13-16(12-14)40-23-21(31(37)38)20(29-25(41-2)30(23)26)17(24(35)36)6-7-18(32)33/h4,9,11-13,17,22,25,27-28H,3,5-8,10,26H2,1-2H3,(H,32,33)(H,35,36). The van der Waals surface area contributed by atoms with Crippen LogP contribution in [-0.2, 0) is 25.5 Å². The van der Waals surface area contributed by atoms with E-state index in [0.29, 0.717) is 17.7 Å². The number of aliphatic carboxylic acids is 2. The molecule has 0 radical (unpaired) electrons. The minimum atomic E-state index is -1.60. The van der Waals surface area contributed by atoms with E-state index in [2.05, 4.69) is 15.6 Å². The fraction of sp³-hybridized carbons (Fsp3) is 0.440. The Hall–Kier alpha value is -4.15. The Labute approximate surface area is 239 Å². The molecule has 0 saturated carbocycles. The van der Waals surface area contributed by atoms with Gasteiger partial charge in [0.05, 0.1) is 11.5 Å². The predicted octanol–water partition coefficient (Wildman–Crippen LogP) is 1.55. The van der Waals surface area contributed by atoms with Crippen molar-refractivity contribution in [2.45, 2.75) is 44.3 Å². The lowest BCUT2D eigenvalue weighted by Gasteiger charge is -2.31. The van der Waals surface area contributed by atoms with Crippen LogP contribution in [0.15, 0.2) is 47.0 Å². The molecule has 3 rings (SSSR count). The average Bonchev–Trinajstić information content (AvgIpc) is 2.93. The Morgan fingerprint density at radius 2 is 2.05 bits per heavy atom. The van der Waals surface area contributed by atoms with Crippen LogP contribution in [0.25, 0.3) is 0 Å². The summed E-state index contributed by atoms with van der Waals surface area (Å²) >= 11 is 1.07. The van der Waals surface area contributed by atoms with Crippen molar-refractivity contribution in [1.29, 1.82) is 0 Å². The lowest BCUT2D eigenvalue weighted by atomic mass is 9.94. The van der Waals surface area contributed by atoms with Gasteiger partial charge in [0.25, 0.3) is 5.88 Å². The molecule has 1 aromatic rings. The number of hydrogen-bond donors (Lipinski definition) is 5. The lowest BCUT2D eigenvalue weighted by molar-refractivity contribution is -0.420. The Kier molecular flexibility index (Phi) is 11.1. The van der Waals surface area contributed by atoms with Crippen LogP contribution < -0.4 is 21.2 Å². The largest absolute Gasteiger partial charge is 0.481 e. The van der Waals surface area contributed by atoms with Crippen LogP contribution in [0.4, 0.5) is 0 Å². The van der Waals surface area contributed by atoms with Gasteiger partial charge in [-0.1, -0.05) is 12.1 Å². The van der Waals surface area contributed by atoms with Crippen LogP contribution in [-0.4, -0.2) is 68.7 Å². The van der Waals surface area contributed by atoms with Crippen molar-refractivity contribution in [3.8, 4) is 5.75 Å². The molecule has 6 N–H and O–H groups in total. The Morgan fingerprint density at radius 3 is 2.63 bits per heavy atom. The van der Waals surface area contributed by atoms with E-state index in [0.717, 1.165) is 16.8 Å². The van der Waals surface area contributed by atoms with Gasteiger partial charge in [-0.15, -0.1) is 11.8 Å². The number of ether oxygens (including phenoxy) is 2. The second-order valence-electron chi connectivity index (χ2n) is 8.95. The van der Waals surface area contributed by atoms with Crippen molar-refractivity contribution in [1.82, 2.24) is 15.6 Å². The third-order valence-electron chi connectivity index (χ3n) is 6.12. The lowest BCUT2D eigenvalue weighted by Crippen LogP contribution is -2.47. The quantitative estimate of drug-likeness (QED) is 0.0896. The molecule has 2 heterocycles. The number of nitro groups is 1. The summed E-state index contributed by atoms with van der Waals surface area (Å²) in [7, 11) is 0. The summed E-state index contributed by atoms with van der Waals surface area (Å²) in [6, 6.07) is 5.08. The molecule has 15 nitrogen and oxygen atoms in total. The summed E-state index contributed by atoms with van der Waals surface area (Å²) < 4.78 is 11.1. The molecule has 222 valence electrons. The number of carbonyl (C=O) groups is 3. The number of carboxylic acid groups (broad SMARTS) is 2. The number of hydrazine groups is 1. The molecule has 0 aromatic heterocycles. The van der Waals surface area contributed by atoms with Crippen LogP contribution >= 0.6 is 11.8 Å². The number of nitrogens with two attached hydrogens (primary N) is 1. The summed E-state index contributed by atoms with van der Waals surface area (Å²) in [6.07, 6.45) is 4.34. The zero-order chi connectivity index (χ0) is 30.1. The maximum absolute atomic E-state index is 12.3. The van der Waals surface area contributed by atoms with Gasteiger partial charge >= 0.3 is 23.6 Å². The van der Waals surface area contributed by atoms with E-state index in [-0.39, 0.29) is 37.3 Å². The fourth-order valence-electron chi connectivity index (χ4n) is 4.24. The summed E-state index contributed by atoms with van der Waals surface area (Å²) in [5.41, 5.74) is -0.848. The second-order valence-corrected chi connectivity index (χ2v) is 9.84. The van der Waals surface area contributed by atoms with Crippen LogP contribution in [0, 0.1) is 16.0 Å². The molecule has 41 heavy (non-hydrogen) atoms. The Morgan fingerprint density at radius 1 is 1.29 bits per heavy atom. The molecule has 16 heteroatoms. The molecule has 2 aliphatic rings. The maximum atomic E-state index is 12.3. The first-order chi connectivity index (χ1) is 19.5. The molecular weight excluding hydrogens is 560 g/mol. The van der Waals surface area contributed by atoms with E-state index in [1.54, 1.807) is 31.5 Å². The van der Waals surface area contributed by atoms with E-state index in [4.69, 9.17) is 20.4 Å². The molecule has 0 spiro atoms. The first-order valence-corrected chi connectivity index (χ1v) is 13.9. The van der Waals surface area contributed by atoms with Crippen molar-refractivity contribution < 1.29 is 39.0 Å². The first kappa shape index (κ1) is 31.4. The van der Waals surface area contributed by atoms with Crippen molar-refractivity contribution in [3.63, 3.8) is 0 Å². The van der Waals surface area contributed by atoms with Gasteiger partial charge in [0.15, 0.2) is 5.50 Å². The highest BCUT2D eigenvalue weighted by Crippen LogP contribution is 2.32. The van der Waals surface area contributed by atoms with E-state index >= 15 is 0 Å². The second kappa shape index (κ2) is 14.5. The third kappa shape index (κ3) is 8.18. The van der Waals surface area contributed by atoms with Gasteiger partial charge in [0.1, 0.15) is 23.5 Å². The minimum Gasteiger partial charge on any atom is -0.481 e.